The molecule has 100 valence electrons. The Labute approximate surface area is 108 Å². The van der Waals surface area contributed by atoms with E-state index in [1.807, 2.05) is 0 Å². The van der Waals surface area contributed by atoms with E-state index in [-0.39, 0.29) is 29.3 Å². The lowest BCUT2D eigenvalue weighted by molar-refractivity contribution is -0.124. The minimum Gasteiger partial charge on any atom is -0.389 e. The second kappa shape index (κ2) is 4.61. The molecule has 1 saturated carbocycles. The maximum atomic E-state index is 12.0. The molecule has 0 saturated heterocycles. The highest BCUT2D eigenvalue weighted by atomic mass is 16.3. The van der Waals surface area contributed by atoms with Crippen molar-refractivity contribution in [3.63, 3.8) is 0 Å². The predicted octanol–water partition coefficient (Wildman–Crippen LogP) is 2.13. The SMILES string of the molecule is CC(=O)C1CC(O)C2=C(C)C(=O)CC(C(C)C)C21. The summed E-state index contributed by atoms with van der Waals surface area (Å²) < 4.78 is 0. The fourth-order valence-electron chi connectivity index (χ4n) is 3.71. The van der Waals surface area contributed by atoms with Crippen molar-refractivity contribution in [3.05, 3.63) is 11.1 Å². The van der Waals surface area contributed by atoms with Crippen molar-refractivity contribution in [2.45, 2.75) is 46.6 Å². The number of ketones is 2. The molecular weight excluding hydrogens is 228 g/mol. The molecule has 18 heavy (non-hydrogen) atoms. The largest absolute Gasteiger partial charge is 0.389 e. The van der Waals surface area contributed by atoms with E-state index in [9.17, 15) is 14.7 Å². The summed E-state index contributed by atoms with van der Waals surface area (Å²) in [5.41, 5.74) is 1.55. The maximum Gasteiger partial charge on any atom is 0.158 e. The fourth-order valence-corrected chi connectivity index (χ4v) is 3.71. The van der Waals surface area contributed by atoms with E-state index in [4.69, 9.17) is 0 Å². The summed E-state index contributed by atoms with van der Waals surface area (Å²) >= 11 is 0. The van der Waals surface area contributed by atoms with Crippen LogP contribution >= 0.6 is 0 Å². The lowest BCUT2D eigenvalue weighted by Gasteiger charge is -2.35. The number of carbonyl (C=O) groups is 2. The Morgan fingerprint density at radius 2 is 2.00 bits per heavy atom. The molecule has 4 atom stereocenters. The van der Waals surface area contributed by atoms with Gasteiger partial charge in [-0.05, 0) is 49.2 Å². The van der Waals surface area contributed by atoms with Gasteiger partial charge < -0.3 is 5.11 Å². The number of Topliss-reactive ketones (excluding diaryl/α,β-unsaturated/α-hetero) is 2. The first kappa shape index (κ1) is 13.5. The highest BCUT2D eigenvalue weighted by Crippen LogP contribution is 2.49. The normalized spacial score (nSPS) is 36.2. The number of carbonyl (C=O) groups excluding carboxylic acids is 2. The van der Waals surface area contributed by atoms with Gasteiger partial charge in [-0.15, -0.1) is 0 Å². The third-order valence-corrected chi connectivity index (χ3v) is 4.74. The third kappa shape index (κ3) is 1.95. The summed E-state index contributed by atoms with van der Waals surface area (Å²) in [5, 5.41) is 10.2. The smallest absolute Gasteiger partial charge is 0.158 e. The van der Waals surface area contributed by atoms with Gasteiger partial charge in [0.1, 0.15) is 5.78 Å². The zero-order valence-electron chi connectivity index (χ0n) is 11.6. The van der Waals surface area contributed by atoms with E-state index < -0.39 is 6.10 Å². The Balaban J connectivity index is 2.49. The lowest BCUT2D eigenvalue weighted by atomic mass is 9.68. The molecule has 0 aromatic rings. The van der Waals surface area contributed by atoms with Crippen molar-refractivity contribution < 1.29 is 14.7 Å². The van der Waals surface area contributed by atoms with Gasteiger partial charge >= 0.3 is 0 Å². The third-order valence-electron chi connectivity index (χ3n) is 4.74. The van der Waals surface area contributed by atoms with Crippen LogP contribution in [0.15, 0.2) is 11.1 Å². The van der Waals surface area contributed by atoms with Gasteiger partial charge in [0.25, 0.3) is 0 Å². The van der Waals surface area contributed by atoms with Crippen LogP contribution in [0.4, 0.5) is 0 Å². The van der Waals surface area contributed by atoms with Crippen molar-refractivity contribution >= 4 is 11.6 Å². The Kier molecular flexibility index (Phi) is 3.45. The van der Waals surface area contributed by atoms with Crippen LogP contribution in [0.3, 0.4) is 0 Å². The zero-order chi connectivity index (χ0) is 13.6. The van der Waals surface area contributed by atoms with Crippen LogP contribution in [-0.2, 0) is 9.59 Å². The molecule has 0 aliphatic heterocycles. The van der Waals surface area contributed by atoms with Gasteiger partial charge in [-0.3, -0.25) is 9.59 Å². The second-order valence-electron chi connectivity index (χ2n) is 6.11. The molecule has 0 heterocycles. The van der Waals surface area contributed by atoms with Crippen LogP contribution in [0.5, 0.6) is 0 Å². The molecule has 2 aliphatic carbocycles. The van der Waals surface area contributed by atoms with E-state index in [0.717, 1.165) is 5.57 Å². The van der Waals surface area contributed by atoms with Gasteiger partial charge in [-0.1, -0.05) is 13.8 Å². The van der Waals surface area contributed by atoms with Crippen LogP contribution < -0.4 is 0 Å². The molecule has 2 rings (SSSR count). The van der Waals surface area contributed by atoms with Gasteiger partial charge in [0.15, 0.2) is 5.78 Å². The number of aliphatic hydroxyl groups is 1. The van der Waals surface area contributed by atoms with Gasteiger partial charge in [0.2, 0.25) is 0 Å². The molecule has 0 spiro atoms. The first-order valence-corrected chi connectivity index (χ1v) is 6.77. The molecular formula is C15H22O3. The van der Waals surface area contributed by atoms with Crippen molar-refractivity contribution in [1.29, 1.82) is 0 Å². The average Bonchev–Trinajstić information content (AvgIpc) is 2.61. The molecule has 0 radical (unpaired) electrons. The highest BCUT2D eigenvalue weighted by molar-refractivity contribution is 5.97. The van der Waals surface area contributed by atoms with E-state index in [0.29, 0.717) is 24.3 Å². The number of aliphatic hydroxyl groups excluding tert-OH is 1. The van der Waals surface area contributed by atoms with Gasteiger partial charge in [0.05, 0.1) is 6.10 Å². The number of fused-ring (bicyclic) bond motifs is 1. The van der Waals surface area contributed by atoms with Crippen molar-refractivity contribution in [2.75, 3.05) is 0 Å². The summed E-state index contributed by atoms with van der Waals surface area (Å²) in [4.78, 5) is 23.8. The average molecular weight is 250 g/mol. The molecule has 0 bridgehead atoms. The van der Waals surface area contributed by atoms with Crippen molar-refractivity contribution in [1.82, 2.24) is 0 Å². The maximum absolute atomic E-state index is 12.0. The summed E-state index contributed by atoms with van der Waals surface area (Å²) in [6.45, 7) is 7.59. The second-order valence-corrected chi connectivity index (χ2v) is 6.11. The number of rotatable bonds is 2. The Hall–Kier alpha value is -0.960. The topological polar surface area (TPSA) is 54.4 Å². The predicted molar refractivity (Wildman–Crippen MR) is 68.9 cm³/mol. The molecule has 2 aliphatic rings. The first-order valence-electron chi connectivity index (χ1n) is 6.77. The fraction of sp³-hybridized carbons (Fsp3) is 0.733. The molecule has 4 unspecified atom stereocenters. The number of hydrogen-bond donors (Lipinski definition) is 1. The van der Waals surface area contributed by atoms with Crippen molar-refractivity contribution in [2.24, 2.45) is 23.7 Å². The monoisotopic (exact) mass is 250 g/mol. The summed E-state index contributed by atoms with van der Waals surface area (Å²) in [6.07, 6.45) is 0.409. The molecule has 3 nitrogen and oxygen atoms in total. The van der Waals surface area contributed by atoms with Crippen LogP contribution in [-0.4, -0.2) is 22.8 Å². The van der Waals surface area contributed by atoms with Crippen LogP contribution in [0, 0.1) is 23.7 Å². The molecule has 3 heteroatoms. The van der Waals surface area contributed by atoms with Crippen LogP contribution in [0.1, 0.15) is 40.5 Å². The van der Waals surface area contributed by atoms with E-state index >= 15 is 0 Å². The number of allylic oxidation sites excluding steroid dienone is 1. The van der Waals surface area contributed by atoms with Gasteiger partial charge in [0, 0.05) is 12.3 Å². The Morgan fingerprint density at radius 3 is 2.50 bits per heavy atom. The lowest BCUT2D eigenvalue weighted by Crippen LogP contribution is -2.34. The summed E-state index contributed by atoms with van der Waals surface area (Å²) in [7, 11) is 0. The quantitative estimate of drug-likeness (QED) is 0.817. The van der Waals surface area contributed by atoms with Crippen LogP contribution in [0.25, 0.3) is 0 Å². The molecule has 1 fully saturated rings. The Bertz CT molecular complexity index is 419. The highest BCUT2D eigenvalue weighted by Gasteiger charge is 2.49. The first-order chi connectivity index (χ1) is 8.34. The van der Waals surface area contributed by atoms with Gasteiger partial charge in [-0.2, -0.15) is 0 Å². The van der Waals surface area contributed by atoms with E-state index in [2.05, 4.69) is 13.8 Å². The number of hydrogen-bond acceptors (Lipinski definition) is 3. The summed E-state index contributed by atoms with van der Waals surface area (Å²) in [5.74, 6) is 0.808. The van der Waals surface area contributed by atoms with E-state index in [1.54, 1.807) is 13.8 Å². The standard InChI is InChI=1S/C15H22O3/c1-7(2)10-5-12(17)8(3)14-13(18)6-11(9(4)16)15(10)14/h7,10-11,13,15,18H,5-6H2,1-4H3. The van der Waals surface area contributed by atoms with Gasteiger partial charge in [-0.25, -0.2) is 0 Å². The van der Waals surface area contributed by atoms with Crippen molar-refractivity contribution in [3.8, 4) is 0 Å². The summed E-state index contributed by atoms with van der Waals surface area (Å²) in [6, 6.07) is 0. The molecule has 0 amide bonds. The minimum atomic E-state index is -0.602. The van der Waals surface area contributed by atoms with E-state index in [1.165, 1.54) is 0 Å². The molecule has 0 aromatic heterocycles. The Morgan fingerprint density at radius 1 is 1.39 bits per heavy atom. The molecule has 0 aromatic carbocycles. The molecule has 1 N–H and O–H groups in total. The minimum absolute atomic E-state index is 0.0789. The zero-order valence-corrected chi connectivity index (χ0v) is 11.6. The van der Waals surface area contributed by atoms with Crippen LogP contribution in [0.2, 0.25) is 0 Å².